The van der Waals surface area contributed by atoms with Crippen molar-refractivity contribution in [2.45, 2.75) is 24.7 Å². The Balaban J connectivity index is 1.52. The Labute approximate surface area is 158 Å². The van der Waals surface area contributed by atoms with E-state index >= 15 is 0 Å². The summed E-state index contributed by atoms with van der Waals surface area (Å²) in [4.78, 5) is 15.3. The van der Waals surface area contributed by atoms with E-state index in [1.165, 1.54) is 23.7 Å². The van der Waals surface area contributed by atoms with Crippen LogP contribution in [0, 0.1) is 5.82 Å². The van der Waals surface area contributed by atoms with E-state index in [2.05, 4.69) is 0 Å². The standard InChI is InChI=1S/C19H17F4N3O2/c20-17-8-13(4-5-16(17)18(27)24-28)26-10-14-7-15(26)9-25(14)12-3-1-2-11(6-12)19(21,22)23/h1-6,8,14-15,28H,7,9-10H2,(H,24,27)/t14-,15-/m0/s1. The van der Waals surface area contributed by atoms with E-state index in [1.807, 2.05) is 9.80 Å². The third-order valence-corrected chi connectivity index (χ3v) is 5.38. The summed E-state index contributed by atoms with van der Waals surface area (Å²) in [7, 11) is 0. The van der Waals surface area contributed by atoms with Crippen LogP contribution in [0.3, 0.4) is 0 Å². The van der Waals surface area contributed by atoms with E-state index in [1.54, 1.807) is 12.1 Å². The lowest BCUT2D eigenvalue weighted by atomic mass is 10.1. The first-order valence-electron chi connectivity index (χ1n) is 8.72. The summed E-state index contributed by atoms with van der Waals surface area (Å²) < 4.78 is 53.1. The summed E-state index contributed by atoms with van der Waals surface area (Å²) in [6.07, 6.45) is -3.63. The van der Waals surface area contributed by atoms with Crippen molar-refractivity contribution in [1.82, 2.24) is 5.48 Å². The van der Waals surface area contributed by atoms with Gasteiger partial charge in [0.1, 0.15) is 5.82 Å². The maximum Gasteiger partial charge on any atom is 0.416 e. The second kappa shape index (κ2) is 6.66. The van der Waals surface area contributed by atoms with Crippen LogP contribution in [0.5, 0.6) is 0 Å². The first kappa shape index (κ1) is 18.5. The molecule has 0 unspecified atom stereocenters. The molecule has 0 spiro atoms. The molecule has 5 nitrogen and oxygen atoms in total. The number of piperazine rings is 1. The molecule has 0 saturated carbocycles. The molecule has 2 aromatic carbocycles. The van der Waals surface area contributed by atoms with Crippen molar-refractivity contribution in [3.8, 4) is 0 Å². The van der Waals surface area contributed by atoms with Crippen molar-refractivity contribution in [3.05, 3.63) is 59.4 Å². The number of hydrogen-bond acceptors (Lipinski definition) is 4. The average Bonchev–Trinajstić information content (AvgIpc) is 3.27. The Bertz CT molecular complexity index is 918. The van der Waals surface area contributed by atoms with Crippen LogP contribution < -0.4 is 15.3 Å². The van der Waals surface area contributed by atoms with Crippen molar-refractivity contribution in [2.75, 3.05) is 22.9 Å². The van der Waals surface area contributed by atoms with Crippen LogP contribution in [-0.2, 0) is 6.18 Å². The van der Waals surface area contributed by atoms with Gasteiger partial charge in [-0.1, -0.05) is 6.07 Å². The molecule has 2 heterocycles. The van der Waals surface area contributed by atoms with Crippen LogP contribution in [0.15, 0.2) is 42.5 Å². The SMILES string of the molecule is O=C(NO)c1ccc(N2C[C@@H]3C[C@H]2CN3c2cccc(C(F)(F)F)c2)cc1F. The number of fused-ring (bicyclic) bond motifs is 2. The maximum atomic E-state index is 14.2. The lowest BCUT2D eigenvalue weighted by Crippen LogP contribution is -2.46. The molecule has 4 rings (SSSR count). The van der Waals surface area contributed by atoms with Crippen LogP contribution in [0.2, 0.25) is 0 Å². The molecule has 2 N–H and O–H groups in total. The number of hydrogen-bond donors (Lipinski definition) is 2. The summed E-state index contributed by atoms with van der Waals surface area (Å²) in [5.74, 6) is -1.68. The molecule has 2 saturated heterocycles. The van der Waals surface area contributed by atoms with Gasteiger partial charge in [-0.3, -0.25) is 10.0 Å². The van der Waals surface area contributed by atoms with E-state index in [4.69, 9.17) is 5.21 Å². The van der Waals surface area contributed by atoms with Gasteiger partial charge >= 0.3 is 6.18 Å². The molecule has 2 atom stereocenters. The molecule has 2 bridgehead atoms. The Morgan fingerprint density at radius 1 is 1.04 bits per heavy atom. The first-order valence-corrected chi connectivity index (χ1v) is 8.72. The summed E-state index contributed by atoms with van der Waals surface area (Å²) in [5.41, 5.74) is 1.59. The van der Waals surface area contributed by atoms with Gasteiger partial charge in [0, 0.05) is 36.5 Å². The largest absolute Gasteiger partial charge is 0.416 e. The number of carbonyl (C=O) groups excluding carboxylic acids is 1. The molecule has 0 aromatic heterocycles. The van der Waals surface area contributed by atoms with Gasteiger partial charge in [-0.15, -0.1) is 0 Å². The fourth-order valence-corrected chi connectivity index (χ4v) is 4.09. The number of rotatable bonds is 3. The summed E-state index contributed by atoms with van der Waals surface area (Å²) in [5, 5.41) is 8.63. The lowest BCUT2D eigenvalue weighted by Gasteiger charge is -2.37. The number of anilines is 2. The second-order valence-electron chi connectivity index (χ2n) is 7.00. The second-order valence-corrected chi connectivity index (χ2v) is 7.00. The minimum atomic E-state index is -4.39. The van der Waals surface area contributed by atoms with Gasteiger partial charge < -0.3 is 9.80 Å². The molecule has 2 fully saturated rings. The van der Waals surface area contributed by atoms with E-state index in [0.717, 1.165) is 18.6 Å². The van der Waals surface area contributed by atoms with Gasteiger partial charge in [0.05, 0.1) is 11.1 Å². The Morgan fingerprint density at radius 2 is 1.68 bits per heavy atom. The quantitative estimate of drug-likeness (QED) is 0.475. The number of hydroxylamine groups is 1. The molecule has 1 amide bonds. The Hall–Kier alpha value is -2.81. The molecule has 2 aliphatic rings. The van der Waals surface area contributed by atoms with Gasteiger partial charge in [-0.2, -0.15) is 13.2 Å². The lowest BCUT2D eigenvalue weighted by molar-refractivity contribution is -0.137. The molecule has 9 heteroatoms. The van der Waals surface area contributed by atoms with Crippen LogP contribution in [-0.4, -0.2) is 36.3 Å². The smallest absolute Gasteiger partial charge is 0.365 e. The highest BCUT2D eigenvalue weighted by molar-refractivity contribution is 5.94. The minimum absolute atomic E-state index is 0.0250. The summed E-state index contributed by atoms with van der Waals surface area (Å²) >= 11 is 0. The van der Waals surface area contributed by atoms with Crippen molar-refractivity contribution >= 4 is 17.3 Å². The zero-order chi connectivity index (χ0) is 20.1. The van der Waals surface area contributed by atoms with Gasteiger partial charge in [-0.05, 0) is 42.8 Å². The number of benzene rings is 2. The molecule has 0 aliphatic carbocycles. The zero-order valence-electron chi connectivity index (χ0n) is 14.6. The number of alkyl halides is 3. The predicted octanol–water partition coefficient (Wildman–Crippen LogP) is 3.43. The fourth-order valence-electron chi connectivity index (χ4n) is 4.09. The van der Waals surface area contributed by atoms with Crippen molar-refractivity contribution in [1.29, 1.82) is 0 Å². The third kappa shape index (κ3) is 3.15. The fraction of sp³-hybridized carbons (Fsp3) is 0.316. The number of carbonyl (C=O) groups is 1. The van der Waals surface area contributed by atoms with Gasteiger partial charge in [-0.25, -0.2) is 9.87 Å². The van der Waals surface area contributed by atoms with E-state index in [9.17, 15) is 22.4 Å². The molecule has 148 valence electrons. The average molecular weight is 395 g/mol. The highest BCUT2D eigenvalue weighted by Gasteiger charge is 2.44. The molecular weight excluding hydrogens is 378 g/mol. The number of nitrogens with zero attached hydrogens (tertiary/aromatic N) is 2. The van der Waals surface area contributed by atoms with E-state index in [0.29, 0.717) is 24.5 Å². The zero-order valence-corrected chi connectivity index (χ0v) is 14.6. The highest BCUT2D eigenvalue weighted by Crippen LogP contribution is 2.39. The molecule has 2 aromatic rings. The van der Waals surface area contributed by atoms with Crippen LogP contribution >= 0.6 is 0 Å². The topological polar surface area (TPSA) is 55.8 Å². The summed E-state index contributed by atoms with van der Waals surface area (Å²) in [6.45, 7) is 1.08. The number of amides is 1. The molecule has 0 radical (unpaired) electrons. The van der Waals surface area contributed by atoms with Crippen molar-refractivity contribution in [2.24, 2.45) is 0 Å². The Kier molecular flexibility index (Phi) is 4.41. The highest BCUT2D eigenvalue weighted by atomic mass is 19.4. The van der Waals surface area contributed by atoms with Gasteiger partial charge in [0.15, 0.2) is 0 Å². The van der Waals surface area contributed by atoms with E-state index in [-0.39, 0.29) is 17.6 Å². The van der Waals surface area contributed by atoms with Crippen LogP contribution in [0.1, 0.15) is 22.3 Å². The van der Waals surface area contributed by atoms with Gasteiger partial charge in [0.2, 0.25) is 0 Å². The first-order chi connectivity index (χ1) is 13.3. The monoisotopic (exact) mass is 395 g/mol. The molecule has 2 aliphatic heterocycles. The Morgan fingerprint density at radius 3 is 2.21 bits per heavy atom. The molecular formula is C19H17F4N3O2. The number of nitrogens with one attached hydrogen (secondary N) is 1. The normalized spacial score (nSPS) is 21.3. The van der Waals surface area contributed by atoms with Crippen LogP contribution in [0.25, 0.3) is 0 Å². The summed E-state index contributed by atoms with van der Waals surface area (Å²) in [6, 6.07) is 9.48. The predicted molar refractivity (Wildman–Crippen MR) is 94.0 cm³/mol. The third-order valence-electron chi connectivity index (χ3n) is 5.38. The number of halogens is 4. The maximum absolute atomic E-state index is 14.2. The van der Waals surface area contributed by atoms with E-state index < -0.39 is 23.5 Å². The molecule has 28 heavy (non-hydrogen) atoms. The van der Waals surface area contributed by atoms with Crippen molar-refractivity contribution < 1.29 is 27.6 Å². The van der Waals surface area contributed by atoms with Gasteiger partial charge in [0.25, 0.3) is 5.91 Å². The van der Waals surface area contributed by atoms with Crippen LogP contribution in [0.4, 0.5) is 28.9 Å². The minimum Gasteiger partial charge on any atom is -0.365 e. The van der Waals surface area contributed by atoms with Crippen molar-refractivity contribution in [3.63, 3.8) is 0 Å².